The molecule has 21 heavy (non-hydrogen) atoms. The van der Waals surface area contributed by atoms with E-state index in [0.29, 0.717) is 21.5 Å². The Kier molecular flexibility index (Phi) is 2.79. The van der Waals surface area contributed by atoms with Gasteiger partial charge in [0, 0.05) is 11.8 Å². The van der Waals surface area contributed by atoms with E-state index in [0.717, 1.165) is 18.5 Å². The van der Waals surface area contributed by atoms with E-state index in [1.165, 1.54) is 23.6 Å². The monoisotopic (exact) mass is 345 g/mol. The van der Waals surface area contributed by atoms with Crippen LogP contribution in [0.25, 0.3) is 16.7 Å². The van der Waals surface area contributed by atoms with Crippen molar-refractivity contribution in [2.45, 2.75) is 19.3 Å². The Bertz CT molecular complexity index is 870. The molecule has 1 heterocycles. The summed E-state index contributed by atoms with van der Waals surface area (Å²) < 4.78 is 16.1. The van der Waals surface area contributed by atoms with Crippen molar-refractivity contribution in [1.82, 2.24) is 9.55 Å². The predicted octanol–water partition coefficient (Wildman–Crippen LogP) is 4.00. The van der Waals surface area contributed by atoms with Gasteiger partial charge in [0.2, 0.25) is 5.95 Å². The first-order chi connectivity index (χ1) is 10.1. The molecule has 0 spiro atoms. The van der Waals surface area contributed by atoms with Gasteiger partial charge in [-0.05, 0) is 64.5 Å². The summed E-state index contributed by atoms with van der Waals surface area (Å²) in [7, 11) is 0. The summed E-state index contributed by atoms with van der Waals surface area (Å²) in [6, 6.07) is 9.43. The Labute approximate surface area is 129 Å². The third kappa shape index (κ3) is 1.95. The third-order valence-electron chi connectivity index (χ3n) is 4.06. The molecule has 0 saturated heterocycles. The van der Waals surface area contributed by atoms with Crippen LogP contribution in [0.2, 0.25) is 0 Å². The summed E-state index contributed by atoms with van der Waals surface area (Å²) in [5.41, 5.74) is 11.1. The summed E-state index contributed by atoms with van der Waals surface area (Å²) in [6.45, 7) is 0. The first-order valence-corrected chi connectivity index (χ1v) is 7.68. The second-order valence-corrected chi connectivity index (χ2v) is 6.22. The lowest BCUT2D eigenvalue weighted by atomic mass is 10.1. The van der Waals surface area contributed by atoms with Crippen molar-refractivity contribution in [1.29, 1.82) is 0 Å². The highest BCUT2D eigenvalue weighted by atomic mass is 79.9. The molecule has 3 nitrogen and oxygen atoms in total. The van der Waals surface area contributed by atoms with Crippen molar-refractivity contribution in [2.75, 3.05) is 5.73 Å². The van der Waals surface area contributed by atoms with Crippen LogP contribution in [0.3, 0.4) is 0 Å². The number of hydrogen-bond donors (Lipinski definition) is 1. The molecule has 5 heteroatoms. The highest BCUT2D eigenvalue weighted by Gasteiger charge is 2.16. The van der Waals surface area contributed by atoms with Crippen molar-refractivity contribution in [3.05, 3.63) is 51.7 Å². The molecule has 0 atom stereocenters. The van der Waals surface area contributed by atoms with E-state index in [-0.39, 0.29) is 5.82 Å². The van der Waals surface area contributed by atoms with Gasteiger partial charge in [-0.2, -0.15) is 0 Å². The zero-order chi connectivity index (χ0) is 14.6. The third-order valence-corrected chi connectivity index (χ3v) is 4.67. The fourth-order valence-corrected chi connectivity index (χ4v) is 3.39. The van der Waals surface area contributed by atoms with E-state index in [1.807, 2.05) is 10.6 Å². The minimum absolute atomic E-state index is 0.315. The first-order valence-electron chi connectivity index (χ1n) is 6.88. The van der Waals surface area contributed by atoms with Gasteiger partial charge in [-0.1, -0.05) is 6.07 Å². The molecule has 4 rings (SSSR count). The molecule has 0 bridgehead atoms. The van der Waals surface area contributed by atoms with Gasteiger partial charge in [-0.25, -0.2) is 9.37 Å². The van der Waals surface area contributed by atoms with Crippen molar-refractivity contribution in [3.8, 4) is 5.69 Å². The molecule has 2 aromatic carbocycles. The van der Waals surface area contributed by atoms with Crippen LogP contribution >= 0.6 is 15.9 Å². The van der Waals surface area contributed by atoms with Crippen molar-refractivity contribution in [2.24, 2.45) is 0 Å². The van der Waals surface area contributed by atoms with Gasteiger partial charge in [0.25, 0.3) is 0 Å². The number of halogens is 2. The van der Waals surface area contributed by atoms with Crippen LogP contribution in [0.5, 0.6) is 0 Å². The molecule has 1 aromatic heterocycles. The average Bonchev–Trinajstić information content (AvgIpc) is 3.02. The lowest BCUT2D eigenvalue weighted by Gasteiger charge is -2.09. The summed E-state index contributed by atoms with van der Waals surface area (Å²) >= 11 is 3.18. The number of nitrogens with two attached hydrogens (primary N) is 1. The molecule has 0 aliphatic heterocycles. The molecule has 106 valence electrons. The summed E-state index contributed by atoms with van der Waals surface area (Å²) in [6.07, 6.45) is 3.42. The molecular weight excluding hydrogens is 333 g/mol. The number of aryl methyl sites for hydroxylation is 2. The number of nitrogens with zero attached hydrogens (tertiary/aromatic N) is 2. The van der Waals surface area contributed by atoms with Crippen molar-refractivity contribution >= 4 is 32.9 Å². The lowest BCUT2D eigenvalue weighted by Crippen LogP contribution is -2.01. The van der Waals surface area contributed by atoms with E-state index < -0.39 is 0 Å². The fourth-order valence-electron chi connectivity index (χ4n) is 3.06. The summed E-state index contributed by atoms with van der Waals surface area (Å²) in [5.74, 6) is 0.0604. The maximum atomic E-state index is 13.8. The second-order valence-electron chi connectivity index (χ2n) is 5.37. The smallest absolute Gasteiger partial charge is 0.205 e. The van der Waals surface area contributed by atoms with Crippen LogP contribution in [-0.2, 0) is 12.8 Å². The van der Waals surface area contributed by atoms with Gasteiger partial charge in [-0.15, -0.1) is 0 Å². The Morgan fingerprint density at radius 2 is 1.95 bits per heavy atom. The highest BCUT2D eigenvalue weighted by Crippen LogP contribution is 2.30. The Morgan fingerprint density at radius 1 is 1.14 bits per heavy atom. The largest absolute Gasteiger partial charge is 0.369 e. The Balaban J connectivity index is 1.97. The fraction of sp³-hybridized carbons (Fsp3) is 0.188. The van der Waals surface area contributed by atoms with Gasteiger partial charge >= 0.3 is 0 Å². The standard InChI is InChI=1S/C16H13BrFN3/c17-12-7-14-15(8-13(12)18)21(16(19)20-14)11-5-4-9-2-1-3-10(9)6-11/h4-8H,1-3H2,(H2,19,20). The quantitative estimate of drug-likeness (QED) is 0.724. The maximum absolute atomic E-state index is 13.8. The van der Waals surface area contributed by atoms with Gasteiger partial charge < -0.3 is 5.73 Å². The van der Waals surface area contributed by atoms with Gasteiger partial charge in [-0.3, -0.25) is 4.57 Å². The number of hydrogen-bond acceptors (Lipinski definition) is 2. The van der Waals surface area contributed by atoms with E-state index in [1.54, 1.807) is 6.07 Å². The summed E-state index contributed by atoms with van der Waals surface area (Å²) in [4.78, 5) is 4.33. The lowest BCUT2D eigenvalue weighted by molar-refractivity contribution is 0.622. The molecule has 1 aliphatic rings. The van der Waals surface area contributed by atoms with Crippen LogP contribution in [0, 0.1) is 5.82 Å². The van der Waals surface area contributed by atoms with Crippen LogP contribution in [0.15, 0.2) is 34.8 Å². The van der Waals surface area contributed by atoms with Crippen molar-refractivity contribution < 1.29 is 4.39 Å². The minimum Gasteiger partial charge on any atom is -0.369 e. The molecule has 3 aromatic rings. The number of fused-ring (bicyclic) bond motifs is 2. The highest BCUT2D eigenvalue weighted by molar-refractivity contribution is 9.10. The van der Waals surface area contributed by atoms with Gasteiger partial charge in [0.05, 0.1) is 15.5 Å². The summed E-state index contributed by atoms with van der Waals surface area (Å²) in [5, 5.41) is 0. The van der Waals surface area contributed by atoms with Crippen molar-refractivity contribution in [3.63, 3.8) is 0 Å². The molecule has 0 unspecified atom stereocenters. The average molecular weight is 346 g/mol. The van der Waals surface area contributed by atoms with Crippen LogP contribution in [-0.4, -0.2) is 9.55 Å². The predicted molar refractivity (Wildman–Crippen MR) is 85.2 cm³/mol. The number of imidazole rings is 1. The number of nitrogen functional groups attached to an aromatic ring is 1. The molecule has 0 amide bonds. The molecule has 1 aliphatic carbocycles. The number of rotatable bonds is 1. The Hall–Kier alpha value is -1.88. The van der Waals surface area contributed by atoms with Gasteiger partial charge in [0.15, 0.2) is 0 Å². The molecular formula is C16H13BrFN3. The molecule has 0 saturated carbocycles. The zero-order valence-electron chi connectivity index (χ0n) is 11.2. The SMILES string of the molecule is Nc1nc2cc(Br)c(F)cc2n1-c1ccc2c(c1)CCC2. The van der Waals surface area contributed by atoms with Crippen LogP contribution < -0.4 is 5.73 Å². The van der Waals surface area contributed by atoms with Crippen LogP contribution in [0.4, 0.5) is 10.3 Å². The normalized spacial score (nSPS) is 13.8. The van der Waals surface area contributed by atoms with E-state index in [4.69, 9.17) is 5.73 Å². The second kappa shape index (κ2) is 4.56. The van der Waals surface area contributed by atoms with E-state index in [2.05, 4.69) is 33.0 Å². The van der Waals surface area contributed by atoms with E-state index >= 15 is 0 Å². The topological polar surface area (TPSA) is 43.8 Å². The Morgan fingerprint density at radius 3 is 2.81 bits per heavy atom. The van der Waals surface area contributed by atoms with Gasteiger partial charge in [0.1, 0.15) is 5.82 Å². The minimum atomic E-state index is -0.315. The molecule has 0 fully saturated rings. The molecule has 0 radical (unpaired) electrons. The number of benzene rings is 2. The molecule has 2 N–H and O–H groups in total. The maximum Gasteiger partial charge on any atom is 0.205 e. The van der Waals surface area contributed by atoms with Crippen LogP contribution in [0.1, 0.15) is 17.5 Å². The number of aromatic nitrogens is 2. The van der Waals surface area contributed by atoms with E-state index in [9.17, 15) is 4.39 Å². The number of anilines is 1. The first kappa shape index (κ1) is 12.8. The zero-order valence-corrected chi connectivity index (χ0v) is 12.8.